The Morgan fingerprint density at radius 3 is 2.60 bits per heavy atom. The van der Waals surface area contributed by atoms with Gasteiger partial charge in [0, 0.05) is 30.4 Å². The van der Waals surface area contributed by atoms with Crippen LogP contribution < -0.4 is 20.1 Å². The van der Waals surface area contributed by atoms with E-state index in [9.17, 15) is 9.59 Å². The highest BCUT2D eigenvalue weighted by atomic mass is 16.5. The smallest absolute Gasteiger partial charge is 0.292 e. The summed E-state index contributed by atoms with van der Waals surface area (Å²) in [7, 11) is 0. The summed E-state index contributed by atoms with van der Waals surface area (Å²) in [6, 6.07) is 9.79. The Labute approximate surface area is 200 Å². The molecule has 0 aliphatic heterocycles. The molecule has 0 unspecified atom stereocenters. The normalized spacial score (nSPS) is 10.7. The van der Waals surface area contributed by atoms with Crippen LogP contribution in [0.5, 0.6) is 17.2 Å². The molecule has 1 aromatic carbocycles. The molecule has 0 aliphatic rings. The second kappa shape index (κ2) is 10.5. The predicted octanol–water partition coefficient (Wildman–Crippen LogP) is 3.44. The third kappa shape index (κ3) is 5.99. The van der Waals surface area contributed by atoms with Gasteiger partial charge < -0.3 is 24.6 Å². The van der Waals surface area contributed by atoms with Crippen LogP contribution in [0.2, 0.25) is 0 Å². The number of carbonyl (C=O) groups is 2. The Morgan fingerprint density at radius 1 is 1.09 bits per heavy atom. The Bertz CT molecular complexity index is 1300. The first-order valence-electron chi connectivity index (χ1n) is 10.8. The van der Waals surface area contributed by atoms with Crippen molar-refractivity contribution < 1.29 is 23.6 Å². The fourth-order valence-corrected chi connectivity index (χ4v) is 2.98. The van der Waals surface area contributed by atoms with Gasteiger partial charge >= 0.3 is 0 Å². The Morgan fingerprint density at radius 2 is 1.91 bits per heavy atom. The number of aromatic amines is 1. The quantitative estimate of drug-likeness (QED) is 0.328. The van der Waals surface area contributed by atoms with E-state index in [1.807, 2.05) is 13.8 Å². The minimum atomic E-state index is -0.432. The van der Waals surface area contributed by atoms with Gasteiger partial charge in [-0.15, -0.1) is 0 Å². The van der Waals surface area contributed by atoms with Crippen LogP contribution in [0.1, 0.15) is 41.7 Å². The molecule has 3 N–H and O–H groups in total. The van der Waals surface area contributed by atoms with E-state index in [0.29, 0.717) is 40.9 Å². The summed E-state index contributed by atoms with van der Waals surface area (Å²) >= 11 is 0. The van der Waals surface area contributed by atoms with Gasteiger partial charge in [-0.3, -0.25) is 14.7 Å². The molecule has 2 amide bonds. The van der Waals surface area contributed by atoms with Crippen molar-refractivity contribution in [3.8, 4) is 28.8 Å². The summed E-state index contributed by atoms with van der Waals surface area (Å²) in [4.78, 5) is 32.9. The number of ether oxygens (including phenoxy) is 2. The number of hydrogen-bond acceptors (Lipinski definition) is 9. The first-order chi connectivity index (χ1) is 16.9. The van der Waals surface area contributed by atoms with E-state index in [1.54, 1.807) is 49.5 Å². The zero-order chi connectivity index (χ0) is 24.8. The minimum absolute atomic E-state index is 0.0772. The summed E-state index contributed by atoms with van der Waals surface area (Å²) in [5.41, 5.74) is 0.700. The van der Waals surface area contributed by atoms with E-state index >= 15 is 0 Å². The topological polar surface area (TPSA) is 157 Å². The van der Waals surface area contributed by atoms with Crippen LogP contribution in [-0.4, -0.2) is 49.8 Å². The molecule has 35 heavy (non-hydrogen) atoms. The molecular formula is C23H23N7O5. The maximum absolute atomic E-state index is 12.7. The fraction of sp³-hybridized carbons (Fsp3) is 0.217. The lowest BCUT2D eigenvalue weighted by Gasteiger charge is -2.14. The molecule has 4 aromatic rings. The van der Waals surface area contributed by atoms with Crippen molar-refractivity contribution in [3.05, 3.63) is 60.2 Å². The Hall–Kier alpha value is -4.74. The van der Waals surface area contributed by atoms with Crippen LogP contribution in [-0.2, 0) is 0 Å². The van der Waals surface area contributed by atoms with Gasteiger partial charge in [-0.1, -0.05) is 5.16 Å². The first kappa shape index (κ1) is 23.4. The second-order valence-electron chi connectivity index (χ2n) is 7.54. The molecule has 0 fully saturated rings. The van der Waals surface area contributed by atoms with E-state index in [2.05, 4.69) is 36.0 Å². The van der Waals surface area contributed by atoms with Crippen molar-refractivity contribution in [1.82, 2.24) is 30.6 Å². The van der Waals surface area contributed by atoms with Crippen LogP contribution >= 0.6 is 0 Å². The monoisotopic (exact) mass is 477 g/mol. The maximum Gasteiger partial charge on any atom is 0.292 e. The molecule has 3 aromatic heterocycles. The average Bonchev–Trinajstić information content (AvgIpc) is 3.52. The highest BCUT2D eigenvalue weighted by Gasteiger charge is 2.17. The average molecular weight is 477 g/mol. The standard InChI is InChI=1S/C23H23N7O5/c1-4-24-22(32)20-28-23(35-30-20)18-6-5-15(12-25-18)34-17-10-14(9-16(11-17)33-13(2)3)21(31)27-19-7-8-26-29-19/h5-13H,4H2,1-3H3,(H,24,32)(H2,26,27,29,31). The van der Waals surface area contributed by atoms with Crippen molar-refractivity contribution in [1.29, 1.82) is 0 Å². The second-order valence-corrected chi connectivity index (χ2v) is 7.54. The number of hydrogen-bond donors (Lipinski definition) is 3. The van der Waals surface area contributed by atoms with Gasteiger partial charge in [0.05, 0.1) is 12.3 Å². The summed E-state index contributed by atoms with van der Waals surface area (Å²) in [5.74, 6) is 0.858. The van der Waals surface area contributed by atoms with Crippen molar-refractivity contribution >= 4 is 17.6 Å². The lowest BCUT2D eigenvalue weighted by molar-refractivity contribution is 0.0941. The molecule has 0 saturated carbocycles. The molecule has 3 heterocycles. The molecule has 180 valence electrons. The maximum atomic E-state index is 12.7. The molecule has 0 aliphatic carbocycles. The van der Waals surface area contributed by atoms with Gasteiger partial charge in [0.25, 0.3) is 23.5 Å². The number of H-pyrrole nitrogens is 1. The molecule has 0 radical (unpaired) electrons. The summed E-state index contributed by atoms with van der Waals surface area (Å²) in [5, 5.41) is 15.5. The lowest BCUT2D eigenvalue weighted by Crippen LogP contribution is -2.23. The fourth-order valence-electron chi connectivity index (χ4n) is 2.98. The first-order valence-corrected chi connectivity index (χ1v) is 10.8. The third-order valence-electron chi connectivity index (χ3n) is 4.41. The van der Waals surface area contributed by atoms with Gasteiger partial charge in [0.2, 0.25) is 0 Å². The van der Waals surface area contributed by atoms with E-state index in [4.69, 9.17) is 14.0 Å². The lowest BCUT2D eigenvalue weighted by atomic mass is 10.2. The van der Waals surface area contributed by atoms with Crippen LogP contribution in [0.25, 0.3) is 11.6 Å². The molecule has 0 saturated heterocycles. The Balaban J connectivity index is 1.52. The van der Waals surface area contributed by atoms with Crippen LogP contribution in [0.3, 0.4) is 0 Å². The molecule has 0 spiro atoms. The summed E-state index contributed by atoms with van der Waals surface area (Å²) in [6.45, 7) is 6.00. The van der Waals surface area contributed by atoms with Crippen LogP contribution in [0.4, 0.5) is 5.82 Å². The van der Waals surface area contributed by atoms with Crippen LogP contribution in [0.15, 0.2) is 53.3 Å². The zero-order valence-electron chi connectivity index (χ0n) is 19.2. The van der Waals surface area contributed by atoms with Crippen molar-refractivity contribution in [2.24, 2.45) is 0 Å². The van der Waals surface area contributed by atoms with E-state index in [0.717, 1.165) is 0 Å². The number of rotatable bonds is 9. The van der Waals surface area contributed by atoms with Crippen molar-refractivity contribution in [2.45, 2.75) is 26.9 Å². The van der Waals surface area contributed by atoms with E-state index in [1.165, 1.54) is 6.20 Å². The van der Waals surface area contributed by atoms with Crippen LogP contribution in [0, 0.1) is 0 Å². The number of anilines is 1. The largest absolute Gasteiger partial charge is 0.491 e. The van der Waals surface area contributed by atoms with Gasteiger partial charge in [0.15, 0.2) is 5.82 Å². The number of pyridine rings is 1. The summed E-state index contributed by atoms with van der Waals surface area (Å²) < 4.78 is 16.8. The molecule has 4 rings (SSSR count). The number of nitrogens with zero attached hydrogens (tertiary/aromatic N) is 4. The number of carbonyl (C=O) groups excluding carboxylic acids is 2. The van der Waals surface area contributed by atoms with Gasteiger partial charge in [0.1, 0.15) is 22.9 Å². The number of nitrogens with one attached hydrogen (secondary N) is 3. The van der Waals surface area contributed by atoms with Crippen molar-refractivity contribution in [2.75, 3.05) is 11.9 Å². The highest BCUT2D eigenvalue weighted by molar-refractivity contribution is 6.04. The molecule has 0 atom stereocenters. The Kier molecular flexibility index (Phi) is 7.00. The molecule has 12 nitrogen and oxygen atoms in total. The number of amides is 2. The highest BCUT2D eigenvalue weighted by Crippen LogP contribution is 2.29. The van der Waals surface area contributed by atoms with Gasteiger partial charge in [-0.25, -0.2) is 4.98 Å². The van der Waals surface area contributed by atoms with Gasteiger partial charge in [-0.05, 0) is 45.0 Å². The van der Waals surface area contributed by atoms with E-state index in [-0.39, 0.29) is 23.7 Å². The predicted molar refractivity (Wildman–Crippen MR) is 124 cm³/mol. The molecule has 0 bridgehead atoms. The number of aromatic nitrogens is 5. The molecule has 12 heteroatoms. The van der Waals surface area contributed by atoms with Gasteiger partial charge in [-0.2, -0.15) is 10.1 Å². The third-order valence-corrected chi connectivity index (χ3v) is 4.41. The van der Waals surface area contributed by atoms with E-state index < -0.39 is 5.91 Å². The summed E-state index contributed by atoms with van der Waals surface area (Å²) in [6.07, 6.45) is 2.96. The SMILES string of the molecule is CCNC(=O)c1noc(-c2ccc(Oc3cc(OC(C)C)cc(C(=O)Nc4cc[nH]n4)c3)cn2)n1. The number of benzene rings is 1. The minimum Gasteiger partial charge on any atom is -0.491 e. The van der Waals surface area contributed by atoms with Crippen molar-refractivity contribution in [3.63, 3.8) is 0 Å². The zero-order valence-corrected chi connectivity index (χ0v) is 19.2. The molecular weight excluding hydrogens is 454 g/mol.